The maximum Gasteiger partial charge on any atom is 0.407 e. The number of hydrogen-bond acceptors (Lipinski definition) is 7. The van der Waals surface area contributed by atoms with Crippen molar-refractivity contribution in [2.75, 3.05) is 26.8 Å². The summed E-state index contributed by atoms with van der Waals surface area (Å²) in [6.45, 7) is 6.21. The number of nitrogens with zero attached hydrogens (tertiary/aromatic N) is 1. The fraction of sp³-hybridized carbons (Fsp3) is 0.515. The Balaban J connectivity index is 1.49. The van der Waals surface area contributed by atoms with Crippen LogP contribution < -0.4 is 15.8 Å². The first-order valence-corrected chi connectivity index (χ1v) is 14.9. The first-order chi connectivity index (χ1) is 20.4. The third kappa shape index (κ3) is 7.47. The average molecular weight is 594 g/mol. The van der Waals surface area contributed by atoms with E-state index in [1.807, 2.05) is 51.1 Å². The third-order valence-corrected chi connectivity index (χ3v) is 8.46. The maximum absolute atomic E-state index is 14.1. The molecule has 1 aliphatic carbocycles. The number of methoxy groups -OCH3 is 1. The largest absolute Gasteiger partial charge is 0.491 e. The SMILES string of the molecule is COC(=O)c1ccc(OC[C@]2(C(N)=O)[C@H](c3ccccc3)CCN2C(=O)C2CCC(CNC(=O)OC(C)(C)C)CC2)cc1. The summed E-state index contributed by atoms with van der Waals surface area (Å²) in [7, 11) is 1.31. The zero-order chi connectivity index (χ0) is 31.2. The Kier molecular flexibility index (Phi) is 9.98. The normalized spacial score (nSPS) is 23.7. The van der Waals surface area contributed by atoms with Gasteiger partial charge >= 0.3 is 12.1 Å². The summed E-state index contributed by atoms with van der Waals surface area (Å²) in [6, 6.07) is 16.0. The molecule has 4 rings (SSSR count). The predicted octanol–water partition coefficient (Wildman–Crippen LogP) is 4.42. The third-order valence-electron chi connectivity index (χ3n) is 8.46. The summed E-state index contributed by atoms with van der Waals surface area (Å²) in [5.41, 5.74) is 5.50. The van der Waals surface area contributed by atoms with E-state index < -0.39 is 29.1 Å². The summed E-state index contributed by atoms with van der Waals surface area (Å²) in [5, 5.41) is 2.85. The second-order valence-electron chi connectivity index (χ2n) is 12.4. The molecule has 2 fully saturated rings. The van der Waals surface area contributed by atoms with E-state index in [1.165, 1.54) is 7.11 Å². The van der Waals surface area contributed by atoms with E-state index in [4.69, 9.17) is 19.9 Å². The van der Waals surface area contributed by atoms with Crippen LogP contribution in [0, 0.1) is 11.8 Å². The molecule has 10 nitrogen and oxygen atoms in total. The smallest absolute Gasteiger partial charge is 0.407 e. The molecular formula is C33H43N3O7. The quantitative estimate of drug-likeness (QED) is 0.411. The highest BCUT2D eigenvalue weighted by molar-refractivity contribution is 5.93. The molecule has 3 amide bonds. The van der Waals surface area contributed by atoms with Crippen LogP contribution in [0.5, 0.6) is 5.75 Å². The monoisotopic (exact) mass is 593 g/mol. The maximum atomic E-state index is 14.1. The number of rotatable bonds is 9. The molecule has 1 saturated carbocycles. The number of alkyl carbamates (subject to hydrolysis) is 1. The van der Waals surface area contributed by atoms with E-state index in [-0.39, 0.29) is 30.3 Å². The summed E-state index contributed by atoms with van der Waals surface area (Å²) in [5.74, 6) is -1.10. The molecule has 1 saturated heterocycles. The Morgan fingerprint density at radius 1 is 0.953 bits per heavy atom. The second-order valence-corrected chi connectivity index (χ2v) is 12.4. The number of benzene rings is 2. The highest BCUT2D eigenvalue weighted by Gasteiger charge is 2.57. The minimum Gasteiger partial charge on any atom is -0.491 e. The van der Waals surface area contributed by atoms with Gasteiger partial charge < -0.3 is 30.2 Å². The highest BCUT2D eigenvalue weighted by Crippen LogP contribution is 2.44. The Bertz CT molecular complexity index is 1280. The minimum absolute atomic E-state index is 0.0968. The molecule has 2 aliphatic rings. The first kappa shape index (κ1) is 31.8. The van der Waals surface area contributed by atoms with Crippen molar-refractivity contribution in [3.05, 3.63) is 65.7 Å². The first-order valence-electron chi connectivity index (χ1n) is 14.9. The molecule has 2 aromatic rings. The number of nitrogens with one attached hydrogen (secondary N) is 1. The number of hydrogen-bond donors (Lipinski definition) is 2. The summed E-state index contributed by atoms with van der Waals surface area (Å²) in [4.78, 5) is 53.1. The van der Waals surface area contributed by atoms with Crippen molar-refractivity contribution >= 4 is 23.9 Å². The molecule has 1 aliphatic heterocycles. The zero-order valence-corrected chi connectivity index (χ0v) is 25.5. The van der Waals surface area contributed by atoms with Crippen LogP contribution in [0.25, 0.3) is 0 Å². The second kappa shape index (κ2) is 13.5. The van der Waals surface area contributed by atoms with E-state index in [0.717, 1.165) is 18.4 Å². The van der Waals surface area contributed by atoms with Crippen LogP contribution >= 0.6 is 0 Å². The van der Waals surface area contributed by atoms with Crippen molar-refractivity contribution < 1.29 is 33.4 Å². The molecule has 0 spiro atoms. The molecule has 2 atom stereocenters. The number of nitrogens with two attached hydrogens (primary N) is 1. The van der Waals surface area contributed by atoms with Gasteiger partial charge in [-0.15, -0.1) is 0 Å². The van der Waals surface area contributed by atoms with Crippen molar-refractivity contribution in [1.82, 2.24) is 10.2 Å². The van der Waals surface area contributed by atoms with Gasteiger partial charge in [-0.1, -0.05) is 30.3 Å². The van der Waals surface area contributed by atoms with E-state index in [1.54, 1.807) is 29.2 Å². The lowest BCUT2D eigenvalue weighted by Gasteiger charge is -2.41. The fourth-order valence-electron chi connectivity index (χ4n) is 6.25. The predicted molar refractivity (Wildman–Crippen MR) is 160 cm³/mol. The minimum atomic E-state index is -1.39. The molecule has 232 valence electrons. The number of amides is 3. The number of ether oxygens (including phenoxy) is 3. The van der Waals surface area contributed by atoms with Crippen molar-refractivity contribution in [2.45, 2.75) is 69.9 Å². The van der Waals surface area contributed by atoms with Crippen LogP contribution in [0.2, 0.25) is 0 Å². The van der Waals surface area contributed by atoms with Gasteiger partial charge in [0.05, 0.1) is 12.7 Å². The molecule has 0 aromatic heterocycles. The van der Waals surface area contributed by atoms with Gasteiger partial charge in [0.25, 0.3) is 0 Å². The molecule has 10 heteroatoms. The Morgan fingerprint density at radius 2 is 1.60 bits per heavy atom. The molecule has 1 heterocycles. The lowest BCUT2D eigenvalue weighted by molar-refractivity contribution is -0.150. The van der Waals surface area contributed by atoms with Crippen LogP contribution in [0.4, 0.5) is 4.79 Å². The summed E-state index contributed by atoms with van der Waals surface area (Å²) < 4.78 is 16.3. The summed E-state index contributed by atoms with van der Waals surface area (Å²) >= 11 is 0. The van der Waals surface area contributed by atoms with Crippen molar-refractivity contribution in [3.63, 3.8) is 0 Å². The van der Waals surface area contributed by atoms with Gasteiger partial charge in [0.1, 0.15) is 18.0 Å². The van der Waals surface area contributed by atoms with Crippen LogP contribution in [-0.2, 0) is 19.1 Å². The van der Waals surface area contributed by atoms with Gasteiger partial charge in [-0.2, -0.15) is 0 Å². The fourth-order valence-corrected chi connectivity index (χ4v) is 6.25. The molecule has 0 radical (unpaired) electrons. The van der Waals surface area contributed by atoms with Gasteiger partial charge in [-0.05, 0) is 88.6 Å². The van der Waals surface area contributed by atoms with E-state index in [0.29, 0.717) is 43.7 Å². The van der Waals surface area contributed by atoms with E-state index in [2.05, 4.69) is 5.32 Å². The number of esters is 1. The Hall–Kier alpha value is -4.08. The average Bonchev–Trinajstić information content (AvgIpc) is 3.39. The van der Waals surface area contributed by atoms with E-state index >= 15 is 0 Å². The number of carbonyl (C=O) groups excluding carboxylic acids is 4. The van der Waals surface area contributed by atoms with Crippen molar-refractivity contribution in [1.29, 1.82) is 0 Å². The standard InChI is InChI=1S/C33H43N3O7/c1-32(2,3)43-31(40)35-20-22-10-12-24(13-11-22)28(37)36-19-18-27(23-8-6-5-7-9-23)33(36,30(34)39)21-42-26-16-14-25(15-17-26)29(38)41-4/h5-9,14-17,22,24,27H,10-13,18-21H2,1-4H3,(H2,34,39)(H,35,40)/t22?,24?,27-,33+/m0/s1. The lowest BCUT2D eigenvalue weighted by atomic mass is 9.77. The molecule has 2 aromatic carbocycles. The molecular weight excluding hydrogens is 550 g/mol. The Morgan fingerprint density at radius 3 is 2.19 bits per heavy atom. The van der Waals surface area contributed by atoms with Crippen LogP contribution in [0.3, 0.4) is 0 Å². The van der Waals surface area contributed by atoms with Gasteiger partial charge in [-0.3, -0.25) is 9.59 Å². The number of carbonyl (C=O) groups is 4. The molecule has 0 bridgehead atoms. The van der Waals surface area contributed by atoms with E-state index in [9.17, 15) is 19.2 Å². The van der Waals surface area contributed by atoms with Gasteiger partial charge in [0.15, 0.2) is 5.54 Å². The Labute approximate surface area is 253 Å². The van der Waals surface area contributed by atoms with Crippen LogP contribution in [-0.4, -0.2) is 66.7 Å². The number of likely N-dealkylation sites (tertiary alicyclic amines) is 1. The zero-order valence-electron chi connectivity index (χ0n) is 25.5. The summed E-state index contributed by atoms with van der Waals surface area (Å²) in [6.07, 6.45) is 2.97. The topological polar surface area (TPSA) is 137 Å². The van der Waals surface area contributed by atoms with Crippen LogP contribution in [0.1, 0.15) is 74.7 Å². The molecule has 0 unspecified atom stereocenters. The van der Waals surface area contributed by atoms with Gasteiger partial charge in [-0.25, -0.2) is 9.59 Å². The highest BCUT2D eigenvalue weighted by atomic mass is 16.6. The molecule has 43 heavy (non-hydrogen) atoms. The van der Waals surface area contributed by atoms with Gasteiger partial charge in [0, 0.05) is 24.9 Å². The van der Waals surface area contributed by atoms with Crippen LogP contribution in [0.15, 0.2) is 54.6 Å². The van der Waals surface area contributed by atoms with Gasteiger partial charge in [0.2, 0.25) is 11.8 Å². The number of primary amides is 1. The lowest BCUT2D eigenvalue weighted by Crippen LogP contribution is -2.63. The molecule has 3 N–H and O–H groups in total. The van der Waals surface area contributed by atoms with Crippen molar-refractivity contribution in [2.24, 2.45) is 17.6 Å². The van der Waals surface area contributed by atoms with Crippen molar-refractivity contribution in [3.8, 4) is 5.75 Å².